The Hall–Kier alpha value is -1.13. The number of piperidine rings is 1. The number of guanidine groups is 1. The number of likely N-dealkylation sites (tertiary alicyclic amines) is 1. The maximum absolute atomic E-state index is 5.51. The lowest BCUT2D eigenvalue weighted by atomic mass is 10.1. The summed E-state index contributed by atoms with van der Waals surface area (Å²) in [5.74, 6) is 1.52. The van der Waals surface area contributed by atoms with E-state index >= 15 is 0 Å². The number of aliphatic imine (C=N–C) groups is 1. The van der Waals surface area contributed by atoms with Crippen LogP contribution >= 0.6 is 24.0 Å². The van der Waals surface area contributed by atoms with Crippen molar-refractivity contribution in [1.82, 2.24) is 20.5 Å². The average Bonchev–Trinajstić information content (AvgIpc) is 2.69. The third-order valence-electron chi connectivity index (χ3n) is 4.48. The second-order valence-electron chi connectivity index (χ2n) is 6.53. The van der Waals surface area contributed by atoms with E-state index in [2.05, 4.69) is 32.4 Å². The highest BCUT2D eigenvalue weighted by Gasteiger charge is 2.19. The van der Waals surface area contributed by atoms with Crippen molar-refractivity contribution in [2.45, 2.75) is 38.8 Å². The summed E-state index contributed by atoms with van der Waals surface area (Å²) in [5.41, 5.74) is 1.10. The van der Waals surface area contributed by atoms with Crippen LogP contribution in [0.1, 0.15) is 31.7 Å². The number of aromatic nitrogens is 1. The Morgan fingerprint density at radius 2 is 2.07 bits per heavy atom. The van der Waals surface area contributed by atoms with Gasteiger partial charge in [0.15, 0.2) is 5.96 Å². The Kier molecular flexibility index (Phi) is 12.4. The van der Waals surface area contributed by atoms with Gasteiger partial charge in [-0.15, -0.1) is 24.0 Å². The zero-order valence-corrected chi connectivity index (χ0v) is 19.1. The maximum atomic E-state index is 5.51. The van der Waals surface area contributed by atoms with Gasteiger partial charge in [0.25, 0.3) is 0 Å². The summed E-state index contributed by atoms with van der Waals surface area (Å²) >= 11 is 0. The van der Waals surface area contributed by atoms with Crippen molar-refractivity contribution in [3.8, 4) is 5.88 Å². The van der Waals surface area contributed by atoms with Crippen LogP contribution in [0, 0.1) is 0 Å². The molecule has 0 aliphatic carbocycles. The van der Waals surface area contributed by atoms with Crippen molar-refractivity contribution in [1.29, 1.82) is 0 Å². The Balaban J connectivity index is 0.00000364. The van der Waals surface area contributed by atoms with E-state index in [4.69, 9.17) is 9.47 Å². The minimum absolute atomic E-state index is 0. The van der Waals surface area contributed by atoms with Crippen LogP contribution in [0.15, 0.2) is 23.3 Å². The predicted octanol–water partition coefficient (Wildman–Crippen LogP) is 2.26. The number of hydrogen-bond donors (Lipinski definition) is 2. The van der Waals surface area contributed by atoms with Crippen molar-refractivity contribution in [3.05, 3.63) is 23.9 Å². The smallest absolute Gasteiger partial charge is 0.213 e. The van der Waals surface area contributed by atoms with Crippen molar-refractivity contribution in [3.63, 3.8) is 0 Å². The second kappa shape index (κ2) is 14.0. The molecule has 0 bridgehead atoms. The molecule has 0 aromatic carbocycles. The second-order valence-corrected chi connectivity index (χ2v) is 6.53. The van der Waals surface area contributed by atoms with Crippen LogP contribution in [-0.4, -0.2) is 68.9 Å². The Morgan fingerprint density at radius 3 is 2.67 bits per heavy atom. The average molecular weight is 491 g/mol. The molecule has 7 nitrogen and oxygen atoms in total. The quantitative estimate of drug-likeness (QED) is 0.314. The maximum Gasteiger partial charge on any atom is 0.213 e. The summed E-state index contributed by atoms with van der Waals surface area (Å²) in [5, 5.41) is 6.89. The number of nitrogens with one attached hydrogen (secondary N) is 2. The van der Waals surface area contributed by atoms with Gasteiger partial charge < -0.3 is 25.0 Å². The molecule has 1 fully saturated rings. The Bertz CT molecular complexity index is 533. The molecular formula is C19H34IN5O2. The summed E-state index contributed by atoms with van der Waals surface area (Å²) in [6, 6.07) is 4.41. The normalized spacial score (nSPS) is 15.9. The molecule has 0 saturated carbocycles. The van der Waals surface area contributed by atoms with Gasteiger partial charge in [0.05, 0.1) is 13.2 Å². The van der Waals surface area contributed by atoms with E-state index in [0.29, 0.717) is 25.1 Å². The third-order valence-corrected chi connectivity index (χ3v) is 4.48. The molecule has 1 aliphatic rings. The van der Waals surface area contributed by atoms with Crippen LogP contribution in [0.5, 0.6) is 5.88 Å². The summed E-state index contributed by atoms with van der Waals surface area (Å²) in [6.07, 6.45) is 5.07. The van der Waals surface area contributed by atoms with E-state index in [9.17, 15) is 0 Å². The van der Waals surface area contributed by atoms with E-state index in [-0.39, 0.29) is 24.0 Å². The first-order chi connectivity index (χ1) is 12.7. The molecule has 0 unspecified atom stereocenters. The fraction of sp³-hybridized carbons (Fsp3) is 0.684. The third kappa shape index (κ3) is 9.07. The highest BCUT2D eigenvalue weighted by atomic mass is 127. The molecule has 2 heterocycles. The molecule has 1 saturated heterocycles. The van der Waals surface area contributed by atoms with Crippen LogP contribution in [-0.2, 0) is 11.3 Å². The monoisotopic (exact) mass is 491 g/mol. The molecule has 0 atom stereocenters. The number of ether oxygens (including phenoxy) is 2. The van der Waals surface area contributed by atoms with Crippen molar-refractivity contribution < 1.29 is 9.47 Å². The minimum atomic E-state index is 0. The van der Waals surface area contributed by atoms with E-state index in [1.165, 1.54) is 0 Å². The molecule has 0 spiro atoms. The molecule has 27 heavy (non-hydrogen) atoms. The number of halogens is 1. The Morgan fingerprint density at radius 1 is 1.30 bits per heavy atom. The van der Waals surface area contributed by atoms with Gasteiger partial charge in [-0.05, 0) is 24.8 Å². The van der Waals surface area contributed by atoms with Gasteiger partial charge in [-0.3, -0.25) is 4.99 Å². The van der Waals surface area contributed by atoms with Crippen LogP contribution in [0.4, 0.5) is 0 Å². The lowest BCUT2D eigenvalue weighted by Crippen LogP contribution is -2.48. The predicted molar refractivity (Wildman–Crippen MR) is 120 cm³/mol. The van der Waals surface area contributed by atoms with Crippen molar-refractivity contribution in [2.24, 2.45) is 4.99 Å². The van der Waals surface area contributed by atoms with Crippen LogP contribution in [0.2, 0.25) is 0 Å². The van der Waals surface area contributed by atoms with Gasteiger partial charge in [-0.1, -0.05) is 13.0 Å². The summed E-state index contributed by atoms with van der Waals surface area (Å²) in [6.45, 7) is 7.49. The van der Waals surface area contributed by atoms with Gasteiger partial charge in [0.1, 0.15) is 0 Å². The molecule has 1 aliphatic heterocycles. The van der Waals surface area contributed by atoms with E-state index < -0.39 is 0 Å². The fourth-order valence-electron chi connectivity index (χ4n) is 2.90. The van der Waals surface area contributed by atoms with E-state index in [1.807, 2.05) is 25.4 Å². The summed E-state index contributed by atoms with van der Waals surface area (Å²) in [4.78, 5) is 11.1. The van der Waals surface area contributed by atoms with E-state index in [1.54, 1.807) is 7.11 Å². The van der Waals surface area contributed by atoms with Crippen molar-refractivity contribution in [2.75, 3.05) is 47.0 Å². The van der Waals surface area contributed by atoms with Crippen LogP contribution in [0.3, 0.4) is 0 Å². The summed E-state index contributed by atoms with van der Waals surface area (Å²) < 4.78 is 10.7. The minimum Gasteiger partial charge on any atom is -0.478 e. The fourth-order valence-corrected chi connectivity index (χ4v) is 2.90. The van der Waals surface area contributed by atoms with Crippen molar-refractivity contribution >= 4 is 29.9 Å². The summed E-state index contributed by atoms with van der Waals surface area (Å²) in [7, 11) is 3.56. The zero-order chi connectivity index (χ0) is 18.6. The molecule has 1 aromatic rings. The number of methoxy groups -OCH3 is 1. The molecule has 2 rings (SSSR count). The standard InChI is InChI=1S/C19H33N5O2.HI/c1-4-12-26-18-6-5-16(14-21-18)15-22-19(20-2)23-17-7-9-24(10-8-17)11-13-25-3;/h5-6,14,17H,4,7-13,15H2,1-3H3,(H2,20,22,23);1H. The van der Waals surface area contributed by atoms with Gasteiger partial charge >= 0.3 is 0 Å². The molecule has 1 aromatic heterocycles. The molecule has 0 radical (unpaired) electrons. The first-order valence-electron chi connectivity index (χ1n) is 9.51. The van der Waals surface area contributed by atoms with Gasteiger partial charge in [-0.25, -0.2) is 4.98 Å². The van der Waals surface area contributed by atoms with Gasteiger partial charge in [0.2, 0.25) is 5.88 Å². The first kappa shape index (κ1) is 23.9. The van der Waals surface area contributed by atoms with Crippen LogP contribution in [0.25, 0.3) is 0 Å². The molecule has 0 amide bonds. The first-order valence-corrected chi connectivity index (χ1v) is 9.51. The number of rotatable bonds is 9. The van der Waals surface area contributed by atoms with E-state index in [0.717, 1.165) is 57.0 Å². The highest BCUT2D eigenvalue weighted by molar-refractivity contribution is 14.0. The lowest BCUT2D eigenvalue weighted by molar-refractivity contribution is 0.128. The van der Waals surface area contributed by atoms with Gasteiger partial charge in [-0.2, -0.15) is 0 Å². The lowest BCUT2D eigenvalue weighted by Gasteiger charge is -2.32. The topological polar surface area (TPSA) is 71.0 Å². The van der Waals surface area contributed by atoms with Crippen LogP contribution < -0.4 is 15.4 Å². The largest absolute Gasteiger partial charge is 0.478 e. The molecule has 8 heteroatoms. The highest BCUT2D eigenvalue weighted by Crippen LogP contribution is 2.10. The molecule has 2 N–H and O–H groups in total. The number of hydrogen-bond acceptors (Lipinski definition) is 5. The Labute approximate surface area is 180 Å². The number of nitrogens with zero attached hydrogens (tertiary/aromatic N) is 3. The SMILES string of the molecule is CCCOc1ccc(CNC(=NC)NC2CCN(CCOC)CC2)cn1.I. The zero-order valence-electron chi connectivity index (χ0n) is 16.7. The molecule has 154 valence electrons. The molecular weight excluding hydrogens is 457 g/mol. The van der Waals surface area contributed by atoms with Gasteiger partial charge in [0, 0.05) is 58.6 Å². The number of pyridine rings is 1.